The third-order valence-corrected chi connectivity index (χ3v) is 2.98. The first-order valence-electron chi connectivity index (χ1n) is 6.05. The predicted octanol–water partition coefficient (Wildman–Crippen LogP) is 1.56. The Morgan fingerprint density at radius 1 is 1.61 bits per heavy atom. The number of hydrogen-bond acceptors (Lipinski definition) is 4. The normalized spacial score (nSPS) is 15.1. The minimum atomic E-state index is -1.06. The van der Waals surface area contributed by atoms with Crippen LogP contribution in [0.4, 0.5) is 0 Å². The van der Waals surface area contributed by atoms with Crippen LogP contribution in [0.2, 0.25) is 5.02 Å². The van der Waals surface area contributed by atoms with Crippen LogP contribution in [-0.4, -0.2) is 41.7 Å². The molecule has 0 saturated heterocycles. The van der Waals surface area contributed by atoms with Crippen molar-refractivity contribution in [3.8, 4) is 0 Å². The Morgan fingerprint density at radius 3 is 2.83 bits per heavy atom. The summed E-state index contributed by atoms with van der Waals surface area (Å²) in [7, 11) is 1.64. The van der Waals surface area contributed by atoms with Crippen LogP contribution < -0.4 is 5.32 Å². The second-order valence-electron chi connectivity index (χ2n) is 4.82. The third kappa shape index (κ3) is 3.68. The first-order chi connectivity index (χ1) is 8.40. The van der Waals surface area contributed by atoms with E-state index >= 15 is 0 Å². The van der Waals surface area contributed by atoms with Crippen LogP contribution in [0, 0.1) is 0 Å². The minimum Gasteiger partial charge on any atom is -0.383 e. The van der Waals surface area contributed by atoms with E-state index in [1.165, 1.54) is 0 Å². The Labute approximate surface area is 113 Å². The van der Waals surface area contributed by atoms with Gasteiger partial charge in [0.05, 0.1) is 23.5 Å². The Morgan fingerprint density at radius 2 is 2.28 bits per heavy atom. The lowest BCUT2D eigenvalue weighted by Crippen LogP contribution is -2.39. The van der Waals surface area contributed by atoms with Crippen LogP contribution in [-0.2, 0) is 10.3 Å². The monoisotopic (exact) mass is 275 g/mol. The number of aromatic nitrogens is 2. The van der Waals surface area contributed by atoms with E-state index in [9.17, 15) is 5.11 Å². The van der Waals surface area contributed by atoms with Gasteiger partial charge in [-0.2, -0.15) is 5.10 Å². The molecule has 1 aromatic rings. The molecule has 6 heteroatoms. The summed E-state index contributed by atoms with van der Waals surface area (Å²) in [4.78, 5) is 0. The van der Waals surface area contributed by atoms with Crippen molar-refractivity contribution in [3.63, 3.8) is 0 Å². The Hall–Kier alpha value is -0.620. The summed E-state index contributed by atoms with van der Waals surface area (Å²) in [6.07, 6.45) is 1.57. The molecule has 1 aromatic heterocycles. The molecule has 1 unspecified atom stereocenters. The highest BCUT2D eigenvalue weighted by Crippen LogP contribution is 2.29. The maximum atomic E-state index is 10.5. The zero-order valence-electron chi connectivity index (χ0n) is 11.4. The molecule has 1 atom stereocenters. The number of nitrogens with one attached hydrogen (secondary N) is 1. The highest BCUT2D eigenvalue weighted by Gasteiger charge is 2.30. The summed E-state index contributed by atoms with van der Waals surface area (Å²) in [6, 6.07) is 0.151. The standard InChI is InChI=1S/C12H22ClN3O2/c1-9(2)16-11(10(13)7-15-16)12(3,17)8-14-5-6-18-4/h7,9,14,17H,5-6,8H2,1-4H3. The molecule has 1 rings (SSSR count). The molecule has 1 heterocycles. The van der Waals surface area contributed by atoms with E-state index in [1.54, 1.807) is 24.9 Å². The smallest absolute Gasteiger partial charge is 0.117 e. The largest absolute Gasteiger partial charge is 0.383 e. The van der Waals surface area contributed by atoms with Gasteiger partial charge in [0.2, 0.25) is 0 Å². The van der Waals surface area contributed by atoms with E-state index in [0.29, 0.717) is 30.4 Å². The second kappa shape index (κ2) is 6.52. The summed E-state index contributed by atoms with van der Waals surface area (Å²) in [5, 5.41) is 18.4. The van der Waals surface area contributed by atoms with Crippen molar-refractivity contribution in [2.45, 2.75) is 32.4 Å². The van der Waals surface area contributed by atoms with E-state index in [2.05, 4.69) is 10.4 Å². The molecule has 104 valence electrons. The minimum absolute atomic E-state index is 0.151. The lowest BCUT2D eigenvalue weighted by molar-refractivity contribution is 0.0446. The van der Waals surface area contributed by atoms with Crippen molar-refractivity contribution >= 4 is 11.6 Å². The van der Waals surface area contributed by atoms with Crippen LogP contribution in [0.15, 0.2) is 6.20 Å². The molecule has 0 spiro atoms. The molecule has 0 aliphatic carbocycles. The molecule has 0 bridgehead atoms. The summed E-state index contributed by atoms with van der Waals surface area (Å²) in [5.74, 6) is 0. The third-order valence-electron chi connectivity index (χ3n) is 2.70. The van der Waals surface area contributed by atoms with Crippen molar-refractivity contribution in [2.75, 3.05) is 26.8 Å². The lowest BCUT2D eigenvalue weighted by Gasteiger charge is -2.26. The molecular formula is C12H22ClN3O2. The first kappa shape index (κ1) is 15.4. The van der Waals surface area contributed by atoms with Gasteiger partial charge in [0.15, 0.2) is 0 Å². The zero-order valence-corrected chi connectivity index (χ0v) is 12.2. The number of hydrogen-bond donors (Lipinski definition) is 2. The van der Waals surface area contributed by atoms with E-state index in [0.717, 1.165) is 0 Å². The van der Waals surface area contributed by atoms with Gasteiger partial charge in [0.1, 0.15) is 5.60 Å². The SMILES string of the molecule is COCCNCC(C)(O)c1c(Cl)cnn1C(C)C. The molecule has 18 heavy (non-hydrogen) atoms. The highest BCUT2D eigenvalue weighted by atomic mass is 35.5. The number of ether oxygens (including phenoxy) is 1. The lowest BCUT2D eigenvalue weighted by atomic mass is 10.0. The summed E-state index contributed by atoms with van der Waals surface area (Å²) < 4.78 is 6.70. The van der Waals surface area contributed by atoms with Gasteiger partial charge in [-0.15, -0.1) is 0 Å². The van der Waals surface area contributed by atoms with Crippen molar-refractivity contribution in [1.82, 2.24) is 15.1 Å². The van der Waals surface area contributed by atoms with Crippen molar-refractivity contribution in [3.05, 3.63) is 16.9 Å². The van der Waals surface area contributed by atoms with E-state index in [4.69, 9.17) is 16.3 Å². The zero-order chi connectivity index (χ0) is 13.8. The van der Waals surface area contributed by atoms with Gasteiger partial charge < -0.3 is 15.2 Å². The molecule has 0 saturated carbocycles. The van der Waals surface area contributed by atoms with E-state index in [1.807, 2.05) is 13.8 Å². The maximum Gasteiger partial charge on any atom is 0.117 e. The molecule has 2 N–H and O–H groups in total. The topological polar surface area (TPSA) is 59.3 Å². The fourth-order valence-corrected chi connectivity index (χ4v) is 2.16. The molecule has 0 radical (unpaired) electrons. The number of methoxy groups -OCH3 is 1. The van der Waals surface area contributed by atoms with E-state index < -0.39 is 5.60 Å². The van der Waals surface area contributed by atoms with Gasteiger partial charge in [0, 0.05) is 26.2 Å². The maximum absolute atomic E-state index is 10.5. The molecule has 0 fully saturated rings. The van der Waals surface area contributed by atoms with Crippen LogP contribution in [0.25, 0.3) is 0 Å². The molecule has 0 aromatic carbocycles. The number of rotatable bonds is 7. The summed E-state index contributed by atoms with van der Waals surface area (Å²) in [6.45, 7) is 7.42. The van der Waals surface area contributed by atoms with Crippen LogP contribution in [0.1, 0.15) is 32.5 Å². The molecule has 0 amide bonds. The highest BCUT2D eigenvalue weighted by molar-refractivity contribution is 6.31. The van der Waals surface area contributed by atoms with Gasteiger partial charge in [-0.05, 0) is 20.8 Å². The van der Waals surface area contributed by atoms with Crippen LogP contribution >= 0.6 is 11.6 Å². The predicted molar refractivity (Wildman–Crippen MR) is 71.9 cm³/mol. The van der Waals surface area contributed by atoms with Gasteiger partial charge in [0.25, 0.3) is 0 Å². The van der Waals surface area contributed by atoms with Gasteiger partial charge >= 0.3 is 0 Å². The molecule has 5 nitrogen and oxygen atoms in total. The molecular weight excluding hydrogens is 254 g/mol. The Balaban J connectivity index is 2.80. The number of nitrogens with zero attached hydrogens (tertiary/aromatic N) is 2. The number of aliphatic hydroxyl groups is 1. The Kier molecular flexibility index (Phi) is 5.59. The van der Waals surface area contributed by atoms with Gasteiger partial charge in [-0.3, -0.25) is 4.68 Å². The Bertz CT molecular complexity index is 377. The quantitative estimate of drug-likeness (QED) is 0.742. The summed E-state index contributed by atoms with van der Waals surface area (Å²) >= 11 is 6.12. The average molecular weight is 276 g/mol. The van der Waals surface area contributed by atoms with Crippen LogP contribution in [0.5, 0.6) is 0 Å². The second-order valence-corrected chi connectivity index (χ2v) is 5.23. The van der Waals surface area contributed by atoms with Crippen molar-refractivity contribution in [2.24, 2.45) is 0 Å². The van der Waals surface area contributed by atoms with Crippen LogP contribution in [0.3, 0.4) is 0 Å². The fraction of sp³-hybridized carbons (Fsp3) is 0.750. The van der Waals surface area contributed by atoms with Gasteiger partial charge in [-0.25, -0.2) is 0 Å². The fourth-order valence-electron chi connectivity index (χ4n) is 1.83. The molecule has 0 aliphatic rings. The molecule has 0 aliphatic heterocycles. The van der Waals surface area contributed by atoms with Crippen molar-refractivity contribution < 1.29 is 9.84 Å². The summed E-state index contributed by atoms with van der Waals surface area (Å²) in [5.41, 5.74) is -0.421. The number of halogens is 1. The van der Waals surface area contributed by atoms with Gasteiger partial charge in [-0.1, -0.05) is 11.6 Å². The van der Waals surface area contributed by atoms with Crippen molar-refractivity contribution in [1.29, 1.82) is 0 Å². The first-order valence-corrected chi connectivity index (χ1v) is 6.43. The van der Waals surface area contributed by atoms with E-state index in [-0.39, 0.29) is 6.04 Å². The average Bonchev–Trinajstić information content (AvgIpc) is 2.67.